The molecule has 0 aromatic heterocycles. The standard InChI is InChI=1S/C64H117O11P/c1-4-7-10-13-16-19-22-25-27-29-30-32-34-37-40-43-46-49-52-55-64(68)75-61(57-71-62(66)53-50-47-44-41-38-35-24-21-18-15-12-9-6-3)59-73-76(69,70)72-58-60(56-65)74-63(67)54-51-48-45-42-39-36-33-31-28-26-23-20-17-14-11-8-5-2/h16,19,21,24-28,60-61,65H,4-15,17-18,20,22-23,29-59H2,1-3H3,(H,69,70)/b19-16-,24-21-,27-25-,28-26-. The Labute approximate surface area is 466 Å². The van der Waals surface area contributed by atoms with Gasteiger partial charge in [0.15, 0.2) is 6.10 Å². The van der Waals surface area contributed by atoms with Gasteiger partial charge < -0.3 is 24.2 Å². The number of phosphoric ester groups is 1. The van der Waals surface area contributed by atoms with Crippen molar-refractivity contribution in [2.45, 2.75) is 315 Å². The maximum absolute atomic E-state index is 12.9. The lowest BCUT2D eigenvalue weighted by atomic mass is 10.1. The fourth-order valence-electron chi connectivity index (χ4n) is 8.85. The molecule has 0 saturated heterocycles. The van der Waals surface area contributed by atoms with Crippen LogP contribution >= 0.6 is 7.82 Å². The molecule has 2 N–H and O–H groups in total. The van der Waals surface area contributed by atoms with Crippen LogP contribution in [0.5, 0.6) is 0 Å². The first-order valence-corrected chi connectivity index (χ1v) is 33.0. The highest BCUT2D eigenvalue weighted by atomic mass is 31.2. The number of aliphatic hydroxyl groups excluding tert-OH is 1. The molecule has 0 saturated carbocycles. The molecule has 0 aromatic carbocycles. The number of hydrogen-bond acceptors (Lipinski definition) is 10. The summed E-state index contributed by atoms with van der Waals surface area (Å²) in [4.78, 5) is 48.7. The van der Waals surface area contributed by atoms with E-state index in [1.807, 2.05) is 0 Å². The fraction of sp³-hybridized carbons (Fsp3) is 0.828. The predicted octanol–water partition coefficient (Wildman–Crippen LogP) is 18.9. The summed E-state index contributed by atoms with van der Waals surface area (Å²) in [6.45, 7) is 4.63. The summed E-state index contributed by atoms with van der Waals surface area (Å²) in [6, 6.07) is 0. The summed E-state index contributed by atoms with van der Waals surface area (Å²) in [5.74, 6) is -1.47. The molecule has 0 amide bonds. The van der Waals surface area contributed by atoms with Gasteiger partial charge in [-0.05, 0) is 103 Å². The highest BCUT2D eigenvalue weighted by Gasteiger charge is 2.28. The van der Waals surface area contributed by atoms with E-state index in [1.165, 1.54) is 148 Å². The predicted molar refractivity (Wildman–Crippen MR) is 316 cm³/mol. The second-order valence-corrected chi connectivity index (χ2v) is 22.7. The average molecular weight is 1090 g/mol. The summed E-state index contributed by atoms with van der Waals surface area (Å²) in [5, 5.41) is 9.84. The number of phosphoric acid groups is 1. The van der Waals surface area contributed by atoms with Crippen LogP contribution in [0.25, 0.3) is 0 Å². The molecule has 12 heteroatoms. The van der Waals surface area contributed by atoms with Gasteiger partial charge in [-0.3, -0.25) is 23.4 Å². The first kappa shape index (κ1) is 73.4. The van der Waals surface area contributed by atoms with Crippen LogP contribution in [-0.2, 0) is 42.2 Å². The normalized spacial score (nSPS) is 13.6. The third-order valence-corrected chi connectivity index (χ3v) is 14.6. The van der Waals surface area contributed by atoms with Crippen molar-refractivity contribution in [3.05, 3.63) is 48.6 Å². The molecule has 0 aliphatic rings. The molecule has 0 aliphatic heterocycles. The summed E-state index contributed by atoms with van der Waals surface area (Å²) in [7, 11) is -4.75. The zero-order valence-electron chi connectivity index (χ0n) is 49.2. The molecule has 0 aliphatic carbocycles. The number of aliphatic hydroxyl groups is 1. The largest absolute Gasteiger partial charge is 0.472 e. The van der Waals surface area contributed by atoms with Crippen molar-refractivity contribution in [3.8, 4) is 0 Å². The molecule has 0 aromatic rings. The maximum Gasteiger partial charge on any atom is 0.472 e. The van der Waals surface area contributed by atoms with Gasteiger partial charge in [0, 0.05) is 19.3 Å². The van der Waals surface area contributed by atoms with Crippen molar-refractivity contribution < 1.29 is 52.2 Å². The summed E-state index contributed by atoms with van der Waals surface area (Å²) in [6.07, 6.45) is 63.4. The minimum atomic E-state index is -4.75. The molecule has 444 valence electrons. The molecule has 0 radical (unpaired) electrons. The van der Waals surface area contributed by atoms with Gasteiger partial charge in [-0.2, -0.15) is 0 Å². The SMILES string of the molecule is CCCCC/C=C\C/C=C\CCCCCCCCCCCC(=O)OC(COC(=O)CCCCCCC/C=C\CCCCCC)COP(=O)(O)OCC(CO)OC(=O)CCCCCCCCC/C=C\CCCCCCCC. The maximum atomic E-state index is 12.9. The highest BCUT2D eigenvalue weighted by Crippen LogP contribution is 2.43. The van der Waals surface area contributed by atoms with Gasteiger partial charge in [-0.1, -0.05) is 230 Å². The molecule has 3 unspecified atom stereocenters. The third-order valence-electron chi connectivity index (χ3n) is 13.7. The molecule has 11 nitrogen and oxygen atoms in total. The van der Waals surface area contributed by atoms with Crippen LogP contribution in [0.1, 0.15) is 303 Å². The molecule has 3 atom stereocenters. The quantitative estimate of drug-likeness (QED) is 0.0197. The minimum Gasteiger partial charge on any atom is -0.462 e. The van der Waals surface area contributed by atoms with E-state index in [9.17, 15) is 28.9 Å². The van der Waals surface area contributed by atoms with Crippen molar-refractivity contribution in [3.63, 3.8) is 0 Å². The Balaban J connectivity index is 4.67. The number of rotatable bonds is 59. The lowest BCUT2D eigenvalue weighted by molar-refractivity contribution is -0.161. The van der Waals surface area contributed by atoms with Crippen molar-refractivity contribution in [2.24, 2.45) is 0 Å². The zero-order valence-corrected chi connectivity index (χ0v) is 50.1. The first-order valence-electron chi connectivity index (χ1n) is 31.5. The van der Waals surface area contributed by atoms with Gasteiger partial charge >= 0.3 is 25.7 Å². The Morgan fingerprint density at radius 1 is 0.368 bits per heavy atom. The van der Waals surface area contributed by atoms with Crippen LogP contribution in [0.4, 0.5) is 0 Å². The Kier molecular flexibility index (Phi) is 56.6. The van der Waals surface area contributed by atoms with Crippen molar-refractivity contribution >= 4 is 25.7 Å². The van der Waals surface area contributed by atoms with E-state index >= 15 is 0 Å². The lowest BCUT2D eigenvalue weighted by Crippen LogP contribution is -2.30. The molecule has 0 rings (SSSR count). The molecule has 0 bridgehead atoms. The van der Waals surface area contributed by atoms with E-state index < -0.39 is 57.8 Å². The smallest absolute Gasteiger partial charge is 0.462 e. The monoisotopic (exact) mass is 1090 g/mol. The molecule has 0 spiro atoms. The van der Waals surface area contributed by atoms with E-state index in [-0.39, 0.29) is 25.9 Å². The Bertz CT molecular complexity index is 1460. The van der Waals surface area contributed by atoms with Crippen molar-refractivity contribution in [1.29, 1.82) is 0 Å². The molecule has 76 heavy (non-hydrogen) atoms. The van der Waals surface area contributed by atoms with Gasteiger partial charge in [0.05, 0.1) is 19.8 Å². The molecular formula is C64H117O11P. The van der Waals surface area contributed by atoms with Crippen LogP contribution in [0.2, 0.25) is 0 Å². The van der Waals surface area contributed by atoms with Crippen LogP contribution < -0.4 is 0 Å². The number of carbonyl (C=O) groups excluding carboxylic acids is 3. The van der Waals surface area contributed by atoms with Crippen LogP contribution in [-0.4, -0.2) is 66.5 Å². The van der Waals surface area contributed by atoms with Crippen molar-refractivity contribution in [2.75, 3.05) is 26.4 Å². The zero-order chi connectivity index (χ0) is 55.5. The number of hydrogen-bond donors (Lipinski definition) is 2. The minimum absolute atomic E-state index is 0.162. The fourth-order valence-corrected chi connectivity index (χ4v) is 9.63. The van der Waals surface area contributed by atoms with E-state index in [0.29, 0.717) is 19.3 Å². The molecule has 0 fully saturated rings. The van der Waals surface area contributed by atoms with Crippen molar-refractivity contribution in [1.82, 2.24) is 0 Å². The lowest BCUT2D eigenvalue weighted by Gasteiger charge is -2.21. The second kappa shape index (κ2) is 58.6. The second-order valence-electron chi connectivity index (χ2n) is 21.2. The summed E-state index contributed by atoms with van der Waals surface area (Å²) < 4.78 is 39.6. The summed E-state index contributed by atoms with van der Waals surface area (Å²) >= 11 is 0. The topological polar surface area (TPSA) is 155 Å². The molecule has 0 heterocycles. The Morgan fingerprint density at radius 3 is 1.03 bits per heavy atom. The number of ether oxygens (including phenoxy) is 3. The number of unbranched alkanes of at least 4 members (excludes halogenated alkanes) is 34. The number of carbonyl (C=O) groups is 3. The summed E-state index contributed by atoms with van der Waals surface area (Å²) in [5.41, 5.74) is 0. The van der Waals surface area contributed by atoms with E-state index in [4.69, 9.17) is 23.3 Å². The van der Waals surface area contributed by atoms with Gasteiger partial charge in [-0.25, -0.2) is 4.57 Å². The van der Waals surface area contributed by atoms with Gasteiger partial charge in [0.25, 0.3) is 0 Å². The Hall–Kier alpha value is -2.56. The van der Waals surface area contributed by atoms with Crippen LogP contribution in [0.3, 0.4) is 0 Å². The number of esters is 3. The van der Waals surface area contributed by atoms with Crippen LogP contribution in [0, 0.1) is 0 Å². The first-order chi connectivity index (χ1) is 37.2. The van der Waals surface area contributed by atoms with E-state index in [0.717, 1.165) is 96.3 Å². The van der Waals surface area contributed by atoms with Gasteiger partial charge in [-0.15, -0.1) is 0 Å². The van der Waals surface area contributed by atoms with E-state index in [1.54, 1.807) is 0 Å². The van der Waals surface area contributed by atoms with Gasteiger partial charge in [0.2, 0.25) is 0 Å². The highest BCUT2D eigenvalue weighted by molar-refractivity contribution is 7.47. The molecular weight excluding hydrogens is 976 g/mol. The Morgan fingerprint density at radius 2 is 0.645 bits per heavy atom. The van der Waals surface area contributed by atoms with Crippen LogP contribution in [0.15, 0.2) is 48.6 Å². The number of allylic oxidation sites excluding steroid dienone is 8. The average Bonchev–Trinajstić information content (AvgIpc) is 3.41. The third kappa shape index (κ3) is 56.2. The van der Waals surface area contributed by atoms with Gasteiger partial charge in [0.1, 0.15) is 12.7 Å². The van der Waals surface area contributed by atoms with E-state index in [2.05, 4.69) is 69.4 Å².